The summed E-state index contributed by atoms with van der Waals surface area (Å²) < 4.78 is 0. The second kappa shape index (κ2) is 15.3. The Labute approximate surface area is 366 Å². The van der Waals surface area contributed by atoms with Gasteiger partial charge in [0.1, 0.15) is 9.66 Å². The van der Waals surface area contributed by atoms with Gasteiger partial charge in [0.25, 0.3) is 0 Å². The number of Topliss-reactive ketones (excluding diaryl/α,β-unsaturated/α-hetero) is 1. The van der Waals surface area contributed by atoms with Gasteiger partial charge in [-0.1, -0.05) is 34.4 Å². The SMILES string of the molecule is Cc1cc(C)cc(-c2[nH]c3sc(C(C)(C)C(=O)N4C5CCC4CC5)cc3c2C(=O)CCl)c1.Cc1cc(C)cc(-c2cc3cc(C(C)(C)C(=O)N4C5CCC4CC5)sc3[nH]2)c1. The molecule has 10 rings (SSSR count). The van der Waals surface area contributed by atoms with Crippen molar-refractivity contribution in [2.45, 2.75) is 142 Å². The van der Waals surface area contributed by atoms with Crippen molar-refractivity contribution in [2.75, 3.05) is 5.88 Å². The first-order valence-corrected chi connectivity index (χ1v) is 23.9. The number of alkyl halides is 1. The van der Waals surface area contributed by atoms with Crippen LogP contribution < -0.4 is 0 Å². The third-order valence-corrected chi connectivity index (χ3v) is 16.9. The lowest BCUT2D eigenvalue weighted by molar-refractivity contribution is -0.138. The van der Waals surface area contributed by atoms with E-state index in [-0.39, 0.29) is 17.6 Å². The van der Waals surface area contributed by atoms with Crippen LogP contribution in [0.15, 0.2) is 54.6 Å². The molecule has 2 N–H and O–H groups in total. The Kier molecular flexibility index (Phi) is 10.5. The number of carbonyl (C=O) groups excluding carboxylic acids is 3. The standard InChI is InChI=1S/C26H29ClN2O2S.C24H28N2OS/c1-14-9-15(2)11-16(10-14)23-22(20(30)13-27)19-12-21(32-24(19)28-23)26(3,4)25(31)29-17-5-6-18(29)8-7-17;1-14-9-15(2)11-16(10-14)20-12-17-13-21(28-22(17)25-20)24(3,4)23(27)26-18-5-6-19(26)8-7-18/h9-12,17-18,28H,5-8,13H2,1-4H3;9-13,18-19,25H,5-8H2,1-4H3. The van der Waals surface area contributed by atoms with E-state index < -0.39 is 10.8 Å². The predicted octanol–water partition coefficient (Wildman–Crippen LogP) is 12.3. The maximum Gasteiger partial charge on any atom is 0.233 e. The molecule has 4 aliphatic heterocycles. The number of rotatable bonds is 8. The number of carbonyl (C=O) groups is 3. The number of nitrogens with one attached hydrogen (secondary N) is 2. The third kappa shape index (κ3) is 7.06. The molecule has 4 aromatic heterocycles. The fourth-order valence-electron chi connectivity index (χ4n) is 10.8. The molecular formula is C50H57ClN4O3S2. The van der Waals surface area contributed by atoms with Crippen molar-refractivity contribution in [1.29, 1.82) is 0 Å². The van der Waals surface area contributed by atoms with Gasteiger partial charge in [0.05, 0.1) is 28.0 Å². The second-order valence-corrected chi connectivity index (χ2v) is 21.6. The minimum Gasteiger partial charge on any atom is -0.346 e. The molecule has 7 nitrogen and oxygen atoms in total. The van der Waals surface area contributed by atoms with E-state index in [4.69, 9.17) is 11.6 Å². The number of thiophene rings is 2. The fraction of sp³-hybridized carbons (Fsp3) is 0.460. The molecule has 4 bridgehead atoms. The summed E-state index contributed by atoms with van der Waals surface area (Å²) in [5, 5.41) is 2.08. The molecule has 8 heterocycles. The molecule has 0 aliphatic carbocycles. The topological polar surface area (TPSA) is 89.3 Å². The summed E-state index contributed by atoms with van der Waals surface area (Å²) >= 11 is 9.33. The molecule has 4 fully saturated rings. The van der Waals surface area contributed by atoms with Crippen molar-refractivity contribution in [3.05, 3.63) is 92.2 Å². The Balaban J connectivity index is 0.000000155. The average Bonchev–Trinajstić information content (AvgIpc) is 4.07. The minimum atomic E-state index is -0.628. The summed E-state index contributed by atoms with van der Waals surface area (Å²) in [5.74, 6) is 0.357. The Morgan fingerprint density at radius 2 is 1.03 bits per heavy atom. The van der Waals surface area contributed by atoms with E-state index in [0.29, 0.717) is 35.6 Å². The maximum absolute atomic E-state index is 13.6. The van der Waals surface area contributed by atoms with E-state index in [9.17, 15) is 14.4 Å². The van der Waals surface area contributed by atoms with Gasteiger partial charge in [-0.15, -0.1) is 34.3 Å². The van der Waals surface area contributed by atoms with Gasteiger partial charge in [-0.3, -0.25) is 14.4 Å². The summed E-state index contributed by atoms with van der Waals surface area (Å²) in [4.78, 5) is 55.6. The lowest BCUT2D eigenvalue weighted by Gasteiger charge is -2.31. The average molecular weight is 862 g/mol. The molecule has 6 aromatic rings. The van der Waals surface area contributed by atoms with Gasteiger partial charge >= 0.3 is 0 Å². The van der Waals surface area contributed by atoms with Crippen molar-refractivity contribution in [2.24, 2.45) is 0 Å². The van der Waals surface area contributed by atoms with Gasteiger partial charge in [0.15, 0.2) is 5.78 Å². The quantitative estimate of drug-likeness (QED) is 0.118. The minimum absolute atomic E-state index is 0.0740. The number of aromatic amines is 2. The zero-order valence-corrected chi connectivity index (χ0v) is 38.6. The summed E-state index contributed by atoms with van der Waals surface area (Å²) in [6.07, 6.45) is 9.29. The van der Waals surface area contributed by atoms with Gasteiger partial charge < -0.3 is 19.8 Å². The number of benzene rings is 2. The van der Waals surface area contributed by atoms with Gasteiger partial charge in [-0.05, 0) is 160 Å². The van der Waals surface area contributed by atoms with Crippen LogP contribution in [0.3, 0.4) is 0 Å². The molecule has 2 amide bonds. The van der Waals surface area contributed by atoms with Crippen molar-refractivity contribution in [1.82, 2.24) is 19.8 Å². The molecule has 4 saturated heterocycles. The van der Waals surface area contributed by atoms with Crippen LogP contribution in [0.25, 0.3) is 42.9 Å². The van der Waals surface area contributed by atoms with Gasteiger partial charge in [0.2, 0.25) is 11.8 Å². The van der Waals surface area contributed by atoms with E-state index >= 15 is 0 Å². The van der Waals surface area contributed by atoms with Crippen molar-refractivity contribution < 1.29 is 14.4 Å². The van der Waals surface area contributed by atoms with Gasteiger partial charge in [0, 0.05) is 50.4 Å². The van der Waals surface area contributed by atoms with E-state index in [1.807, 2.05) is 19.9 Å². The van der Waals surface area contributed by atoms with Crippen LogP contribution in [0.1, 0.15) is 121 Å². The molecule has 2 aromatic carbocycles. The number of aromatic nitrogens is 2. The summed E-state index contributed by atoms with van der Waals surface area (Å²) in [6.45, 7) is 16.6. The molecule has 0 saturated carbocycles. The monoisotopic (exact) mass is 860 g/mol. The molecule has 0 radical (unpaired) electrons. The van der Waals surface area contributed by atoms with Crippen LogP contribution in [0.4, 0.5) is 0 Å². The van der Waals surface area contributed by atoms with Crippen molar-refractivity contribution >= 4 is 72.3 Å². The summed E-state index contributed by atoms with van der Waals surface area (Å²) in [7, 11) is 0. The van der Waals surface area contributed by atoms with E-state index in [0.717, 1.165) is 78.6 Å². The highest BCUT2D eigenvalue weighted by atomic mass is 35.5. The first-order valence-electron chi connectivity index (χ1n) is 21.7. The molecule has 0 atom stereocenters. The highest BCUT2D eigenvalue weighted by Crippen LogP contribution is 2.46. The number of hydrogen-bond donors (Lipinski definition) is 2. The Hall–Kier alpha value is -4.18. The third-order valence-electron chi connectivity index (χ3n) is 13.9. The Morgan fingerprint density at radius 3 is 1.48 bits per heavy atom. The largest absolute Gasteiger partial charge is 0.346 e. The van der Waals surface area contributed by atoms with E-state index in [2.05, 4.69) is 110 Å². The number of amides is 2. The number of aryl methyl sites for hydroxylation is 4. The van der Waals surface area contributed by atoms with E-state index in [1.165, 1.54) is 47.8 Å². The normalized spacial score (nSPS) is 21.1. The molecular weight excluding hydrogens is 804 g/mol. The molecule has 0 spiro atoms. The Morgan fingerprint density at radius 1 is 0.600 bits per heavy atom. The smallest absolute Gasteiger partial charge is 0.233 e. The van der Waals surface area contributed by atoms with E-state index in [1.54, 1.807) is 22.7 Å². The van der Waals surface area contributed by atoms with Crippen LogP contribution in [0, 0.1) is 27.7 Å². The van der Waals surface area contributed by atoms with Gasteiger partial charge in [-0.2, -0.15) is 0 Å². The molecule has 10 heteroatoms. The number of H-pyrrole nitrogens is 2. The van der Waals surface area contributed by atoms with Crippen LogP contribution in [-0.4, -0.2) is 67.4 Å². The summed E-state index contributed by atoms with van der Waals surface area (Å²) in [5.41, 5.74) is 8.58. The van der Waals surface area contributed by atoms with Crippen LogP contribution in [-0.2, 0) is 20.4 Å². The first kappa shape index (κ1) is 41.2. The van der Waals surface area contributed by atoms with Crippen molar-refractivity contribution in [3.63, 3.8) is 0 Å². The second-order valence-electron chi connectivity index (χ2n) is 19.2. The number of ketones is 1. The zero-order chi connectivity index (χ0) is 42.4. The predicted molar refractivity (Wildman–Crippen MR) is 249 cm³/mol. The molecule has 0 unspecified atom stereocenters. The van der Waals surface area contributed by atoms with Crippen LogP contribution in [0.5, 0.6) is 0 Å². The molecule has 314 valence electrons. The highest BCUT2D eigenvalue weighted by molar-refractivity contribution is 7.19. The lowest BCUT2D eigenvalue weighted by atomic mass is 9.88. The number of hydrogen-bond acceptors (Lipinski definition) is 5. The summed E-state index contributed by atoms with van der Waals surface area (Å²) in [6, 6.07) is 21.2. The maximum atomic E-state index is 13.6. The van der Waals surface area contributed by atoms with Gasteiger partial charge in [-0.25, -0.2) is 0 Å². The highest BCUT2D eigenvalue weighted by Gasteiger charge is 2.49. The lowest BCUT2D eigenvalue weighted by Crippen LogP contribution is -2.45. The fourth-order valence-corrected chi connectivity index (χ4v) is 13.3. The molecule has 4 aliphatic rings. The Bertz CT molecular complexity index is 2560. The zero-order valence-electron chi connectivity index (χ0n) is 36.2. The number of fused-ring (bicyclic) bond motifs is 6. The first-order chi connectivity index (χ1) is 28.5. The molecule has 60 heavy (non-hydrogen) atoms. The van der Waals surface area contributed by atoms with Crippen LogP contribution >= 0.6 is 34.3 Å². The number of nitrogens with zero attached hydrogens (tertiary/aromatic N) is 2. The number of halogens is 1. The van der Waals surface area contributed by atoms with Crippen LogP contribution in [0.2, 0.25) is 0 Å². The van der Waals surface area contributed by atoms with Crippen molar-refractivity contribution in [3.8, 4) is 22.5 Å².